The van der Waals surface area contributed by atoms with Crippen molar-refractivity contribution < 1.29 is 19.4 Å². The molecule has 1 aliphatic rings. The highest BCUT2D eigenvalue weighted by Gasteiger charge is 2.40. The van der Waals surface area contributed by atoms with Gasteiger partial charge in [-0.15, -0.1) is 0 Å². The van der Waals surface area contributed by atoms with Gasteiger partial charge in [0.2, 0.25) is 0 Å². The van der Waals surface area contributed by atoms with E-state index in [0.717, 1.165) is 44.6 Å². The van der Waals surface area contributed by atoms with E-state index in [-0.39, 0.29) is 18.9 Å². The lowest BCUT2D eigenvalue weighted by Crippen LogP contribution is -2.43. The fourth-order valence-corrected chi connectivity index (χ4v) is 7.12. The van der Waals surface area contributed by atoms with E-state index in [1.165, 1.54) is 0 Å². The normalized spacial score (nSPS) is 12.9. The smallest absolute Gasteiger partial charge is 0.407 e. The van der Waals surface area contributed by atoms with E-state index in [1.54, 1.807) is 6.33 Å². The minimum Gasteiger partial charge on any atom is -0.480 e. The number of benzene rings is 5. The van der Waals surface area contributed by atoms with Gasteiger partial charge in [-0.3, -0.25) is 0 Å². The van der Waals surface area contributed by atoms with Crippen LogP contribution in [0.4, 0.5) is 4.79 Å². The molecule has 0 spiro atoms. The van der Waals surface area contributed by atoms with Crippen LogP contribution in [-0.2, 0) is 21.5 Å². The molecule has 0 bridgehead atoms. The van der Waals surface area contributed by atoms with Gasteiger partial charge >= 0.3 is 12.1 Å². The molecule has 1 aliphatic carbocycles. The third-order valence-electron chi connectivity index (χ3n) is 9.38. The molecule has 1 heterocycles. The number of alkyl carbamates (subject to hydrolysis) is 1. The summed E-state index contributed by atoms with van der Waals surface area (Å²) in [5.74, 6) is -1.30. The first-order valence-corrected chi connectivity index (χ1v) is 16.0. The molecule has 7 heteroatoms. The van der Waals surface area contributed by atoms with E-state index in [0.29, 0.717) is 5.69 Å². The Balaban J connectivity index is 1.17. The summed E-state index contributed by atoms with van der Waals surface area (Å²) in [7, 11) is 0. The zero-order valence-corrected chi connectivity index (χ0v) is 26.5. The molecule has 1 amide bonds. The first-order valence-electron chi connectivity index (χ1n) is 16.0. The number of carboxylic acid groups (broad SMARTS) is 1. The Hall–Kier alpha value is -5.95. The van der Waals surface area contributed by atoms with Gasteiger partial charge in [0.05, 0.1) is 12.0 Å². The fourth-order valence-electron chi connectivity index (χ4n) is 7.12. The largest absolute Gasteiger partial charge is 0.480 e. The zero-order chi connectivity index (χ0) is 33.1. The molecule has 0 saturated carbocycles. The quantitative estimate of drug-likeness (QED) is 0.152. The van der Waals surface area contributed by atoms with Crippen LogP contribution in [0.25, 0.3) is 11.1 Å². The van der Waals surface area contributed by atoms with Crippen molar-refractivity contribution in [2.24, 2.45) is 0 Å². The Morgan fingerprint density at radius 2 is 1.21 bits per heavy atom. The van der Waals surface area contributed by atoms with Crippen molar-refractivity contribution in [2.75, 3.05) is 6.61 Å². The second kappa shape index (κ2) is 13.0. The molecular weight excluding hydrogens is 598 g/mol. The number of rotatable bonds is 10. The Morgan fingerprint density at radius 1 is 0.750 bits per heavy atom. The first-order chi connectivity index (χ1) is 23.5. The summed E-state index contributed by atoms with van der Waals surface area (Å²) in [6.45, 7) is 2.03. The van der Waals surface area contributed by atoms with Gasteiger partial charge in [-0.1, -0.05) is 140 Å². The van der Waals surface area contributed by atoms with Crippen molar-refractivity contribution in [1.29, 1.82) is 0 Å². The van der Waals surface area contributed by atoms with Crippen molar-refractivity contribution in [1.82, 2.24) is 14.9 Å². The number of nitrogens with one attached hydrogen (secondary N) is 1. The second-order valence-corrected chi connectivity index (χ2v) is 12.0. The molecule has 7 nitrogen and oxygen atoms in total. The number of aromatic nitrogens is 2. The molecule has 0 unspecified atom stereocenters. The lowest BCUT2D eigenvalue weighted by atomic mass is 9.76. The standard InChI is InChI=1S/C41H35N3O4/c1-28-37(25-38(39(45)46)43-40(47)48-26-36-34-23-13-11-21-32(34)33-22-12-14-24-35(33)36)42-27-44(28)41(29-15-5-2-6-16-29,30-17-7-3-8-18-30)31-19-9-4-10-20-31/h2-24,27,36,38H,25-26H2,1H3,(H,43,47)(H,45,46)/t38-/m0/s1. The number of hydrogen-bond donors (Lipinski definition) is 2. The Morgan fingerprint density at radius 3 is 1.69 bits per heavy atom. The number of carbonyl (C=O) groups is 2. The number of ether oxygens (including phenoxy) is 1. The van der Waals surface area contributed by atoms with Crippen LogP contribution >= 0.6 is 0 Å². The fraction of sp³-hybridized carbons (Fsp3) is 0.146. The van der Waals surface area contributed by atoms with E-state index in [2.05, 4.69) is 58.4 Å². The van der Waals surface area contributed by atoms with E-state index in [1.807, 2.05) is 97.9 Å². The number of fused-ring (bicyclic) bond motifs is 3. The third-order valence-corrected chi connectivity index (χ3v) is 9.38. The van der Waals surface area contributed by atoms with Crippen LogP contribution in [0, 0.1) is 6.92 Å². The molecule has 0 aliphatic heterocycles. The number of carboxylic acids is 1. The lowest BCUT2D eigenvalue weighted by Gasteiger charge is -2.38. The molecule has 5 aromatic carbocycles. The molecule has 6 aromatic rings. The van der Waals surface area contributed by atoms with E-state index >= 15 is 0 Å². The van der Waals surface area contributed by atoms with Gasteiger partial charge in [-0.2, -0.15) is 0 Å². The predicted molar refractivity (Wildman–Crippen MR) is 185 cm³/mol. The van der Waals surface area contributed by atoms with E-state index in [9.17, 15) is 14.7 Å². The maximum Gasteiger partial charge on any atom is 0.407 e. The molecule has 1 aromatic heterocycles. The second-order valence-electron chi connectivity index (χ2n) is 12.0. The summed E-state index contributed by atoms with van der Waals surface area (Å²) in [5, 5.41) is 12.8. The van der Waals surface area contributed by atoms with Crippen molar-refractivity contribution in [2.45, 2.75) is 30.8 Å². The average Bonchev–Trinajstić information content (AvgIpc) is 3.66. The topological polar surface area (TPSA) is 93.4 Å². The highest BCUT2D eigenvalue weighted by molar-refractivity contribution is 5.81. The molecular formula is C41H35N3O4. The monoisotopic (exact) mass is 633 g/mol. The summed E-state index contributed by atoms with van der Waals surface area (Å²) in [6, 6.07) is 45.5. The number of aliphatic carboxylic acids is 1. The van der Waals surface area contributed by atoms with Crippen LogP contribution in [0.2, 0.25) is 0 Å². The highest BCUT2D eigenvalue weighted by atomic mass is 16.5. The average molecular weight is 634 g/mol. The van der Waals surface area contributed by atoms with E-state index in [4.69, 9.17) is 9.72 Å². The number of amides is 1. The molecule has 7 rings (SSSR count). The minimum absolute atomic E-state index is 0.0210. The third kappa shape index (κ3) is 5.43. The summed E-state index contributed by atoms with van der Waals surface area (Å²) in [6.07, 6.45) is 0.963. The van der Waals surface area contributed by atoms with Crippen LogP contribution in [0.1, 0.15) is 45.1 Å². The maximum atomic E-state index is 13.1. The van der Waals surface area contributed by atoms with Gasteiger partial charge in [0, 0.05) is 18.0 Å². The SMILES string of the molecule is Cc1c(C[C@H](NC(=O)OCC2c3ccccc3-c3ccccc32)C(=O)O)ncn1C(c1ccccc1)(c1ccccc1)c1ccccc1. The van der Waals surface area contributed by atoms with Crippen molar-refractivity contribution >= 4 is 12.1 Å². The van der Waals surface area contributed by atoms with Crippen molar-refractivity contribution in [3.8, 4) is 11.1 Å². The molecule has 0 radical (unpaired) electrons. The summed E-state index contributed by atoms with van der Waals surface area (Å²) >= 11 is 0. The molecule has 48 heavy (non-hydrogen) atoms. The van der Waals surface area contributed by atoms with Crippen LogP contribution in [0.3, 0.4) is 0 Å². The van der Waals surface area contributed by atoms with Crippen molar-refractivity contribution in [3.05, 3.63) is 185 Å². The minimum atomic E-state index is -1.25. The zero-order valence-electron chi connectivity index (χ0n) is 26.5. The molecule has 2 N–H and O–H groups in total. The van der Waals surface area contributed by atoms with E-state index < -0.39 is 23.6 Å². The molecule has 238 valence electrons. The Labute approximate surface area is 279 Å². The number of nitrogens with zero attached hydrogens (tertiary/aromatic N) is 2. The summed E-state index contributed by atoms with van der Waals surface area (Å²) in [5.41, 5.74) is 8.05. The van der Waals surface area contributed by atoms with Gasteiger partial charge in [-0.25, -0.2) is 14.6 Å². The number of imidazole rings is 1. The molecule has 0 saturated heterocycles. The van der Waals surface area contributed by atoms with Gasteiger partial charge in [-0.05, 0) is 45.9 Å². The Kier molecular flexibility index (Phi) is 8.34. The first kappa shape index (κ1) is 30.7. The molecule has 0 fully saturated rings. The maximum absolute atomic E-state index is 13.1. The van der Waals surface area contributed by atoms with Gasteiger partial charge < -0.3 is 19.7 Å². The van der Waals surface area contributed by atoms with Gasteiger partial charge in [0.1, 0.15) is 18.2 Å². The lowest BCUT2D eigenvalue weighted by molar-refractivity contribution is -0.139. The summed E-state index contributed by atoms with van der Waals surface area (Å²) < 4.78 is 7.79. The van der Waals surface area contributed by atoms with Crippen LogP contribution in [0.5, 0.6) is 0 Å². The van der Waals surface area contributed by atoms with Gasteiger partial charge in [0.25, 0.3) is 0 Å². The summed E-state index contributed by atoms with van der Waals surface area (Å²) in [4.78, 5) is 30.4. The van der Waals surface area contributed by atoms with Gasteiger partial charge in [0.15, 0.2) is 0 Å². The van der Waals surface area contributed by atoms with Crippen LogP contribution in [-0.4, -0.2) is 39.4 Å². The molecule has 1 atom stereocenters. The number of hydrogen-bond acceptors (Lipinski definition) is 4. The predicted octanol–water partition coefficient (Wildman–Crippen LogP) is 7.57. The highest BCUT2D eigenvalue weighted by Crippen LogP contribution is 2.45. The van der Waals surface area contributed by atoms with Crippen molar-refractivity contribution in [3.63, 3.8) is 0 Å². The Bertz CT molecular complexity index is 1920. The number of carbonyl (C=O) groups excluding carboxylic acids is 1. The van der Waals surface area contributed by atoms with Crippen LogP contribution in [0.15, 0.2) is 146 Å². The van der Waals surface area contributed by atoms with Crippen LogP contribution < -0.4 is 5.32 Å².